The van der Waals surface area contributed by atoms with Crippen molar-refractivity contribution in [3.63, 3.8) is 0 Å². The van der Waals surface area contributed by atoms with E-state index in [1.165, 1.54) is 0 Å². The first kappa shape index (κ1) is 20.6. The monoisotopic (exact) mass is 392 g/mol. The summed E-state index contributed by atoms with van der Waals surface area (Å²) in [5, 5.41) is 11.1. The van der Waals surface area contributed by atoms with Crippen molar-refractivity contribution in [1.82, 2.24) is 15.1 Å². The van der Waals surface area contributed by atoms with Crippen LogP contribution in [0.25, 0.3) is 11.3 Å². The summed E-state index contributed by atoms with van der Waals surface area (Å²) in [6.07, 6.45) is 1.74. The predicted molar refractivity (Wildman–Crippen MR) is 117 cm³/mol. The molecule has 2 N–H and O–H groups in total. The van der Waals surface area contributed by atoms with Gasteiger partial charge >= 0.3 is 0 Å². The Labute approximate surface area is 171 Å². The van der Waals surface area contributed by atoms with Crippen molar-refractivity contribution >= 4 is 12.1 Å². The van der Waals surface area contributed by atoms with Crippen molar-refractivity contribution in [2.75, 3.05) is 26.0 Å². The minimum Gasteiger partial charge on any atom is -0.457 e. The molecule has 0 aliphatic heterocycles. The second-order valence-electron chi connectivity index (χ2n) is 7.50. The van der Waals surface area contributed by atoms with Gasteiger partial charge in [-0.2, -0.15) is 5.10 Å². The Morgan fingerprint density at radius 3 is 2.28 bits per heavy atom. The Kier molecular flexibility index (Phi) is 6.34. The molecule has 2 aromatic carbocycles. The number of benzene rings is 2. The molecule has 152 valence electrons. The van der Waals surface area contributed by atoms with E-state index in [0.29, 0.717) is 11.3 Å². The molecule has 0 aliphatic carbocycles. The van der Waals surface area contributed by atoms with Crippen LogP contribution in [-0.4, -0.2) is 36.7 Å². The van der Waals surface area contributed by atoms with Gasteiger partial charge in [0.05, 0.1) is 11.1 Å². The molecule has 1 heterocycles. The maximum atomic E-state index is 11.9. The molecule has 1 aromatic heterocycles. The summed E-state index contributed by atoms with van der Waals surface area (Å²) in [4.78, 5) is 11.9. The van der Waals surface area contributed by atoms with Gasteiger partial charge in [-0.1, -0.05) is 18.2 Å². The van der Waals surface area contributed by atoms with Gasteiger partial charge in [-0.15, -0.1) is 0 Å². The summed E-state index contributed by atoms with van der Waals surface area (Å²) in [5.41, 5.74) is 1.83. The van der Waals surface area contributed by atoms with Gasteiger partial charge in [0.2, 0.25) is 0 Å². The lowest BCUT2D eigenvalue weighted by Gasteiger charge is -2.27. The zero-order valence-electron chi connectivity index (χ0n) is 17.4. The van der Waals surface area contributed by atoms with Gasteiger partial charge in [0.25, 0.3) is 0 Å². The Hall–Kier alpha value is -3.12. The third-order valence-corrected chi connectivity index (χ3v) is 4.94. The number of aldehydes is 1. The van der Waals surface area contributed by atoms with Crippen molar-refractivity contribution < 1.29 is 9.53 Å². The van der Waals surface area contributed by atoms with Gasteiger partial charge in [-0.3, -0.25) is 4.79 Å². The lowest BCUT2D eigenvalue weighted by Crippen LogP contribution is -2.32. The number of hydrogen-bond donors (Lipinski definition) is 2. The number of rotatable bonds is 9. The average molecular weight is 393 g/mol. The molecular formula is C23H28N4O2. The van der Waals surface area contributed by atoms with E-state index in [1.54, 1.807) is 0 Å². The number of anilines is 1. The Morgan fingerprint density at radius 2 is 1.69 bits per heavy atom. The molecular weight excluding hydrogens is 364 g/mol. The van der Waals surface area contributed by atoms with Crippen LogP contribution in [-0.2, 0) is 5.54 Å². The van der Waals surface area contributed by atoms with E-state index in [9.17, 15) is 4.79 Å². The quantitative estimate of drug-likeness (QED) is 0.523. The summed E-state index contributed by atoms with van der Waals surface area (Å²) >= 11 is 0. The van der Waals surface area contributed by atoms with Crippen molar-refractivity contribution in [1.29, 1.82) is 0 Å². The van der Waals surface area contributed by atoms with Crippen LogP contribution >= 0.6 is 0 Å². The molecule has 0 amide bonds. The fourth-order valence-corrected chi connectivity index (χ4v) is 3.28. The van der Waals surface area contributed by atoms with E-state index in [0.717, 1.165) is 42.1 Å². The standard InChI is InChI=1S/C23H28N4O2/c1-23(2,14-15-24-3)27-22(25-4)20(16-28)21(26-27)17-10-12-19(13-11-17)29-18-8-6-5-7-9-18/h5-13,16,24-25H,14-15H2,1-4H3. The number of nitrogens with one attached hydrogen (secondary N) is 2. The minimum atomic E-state index is -0.256. The molecule has 0 fully saturated rings. The highest BCUT2D eigenvalue weighted by atomic mass is 16.5. The van der Waals surface area contributed by atoms with Crippen LogP contribution < -0.4 is 15.4 Å². The molecule has 6 heteroatoms. The first-order valence-electron chi connectivity index (χ1n) is 9.74. The smallest absolute Gasteiger partial charge is 0.156 e. The van der Waals surface area contributed by atoms with E-state index in [-0.39, 0.29) is 5.54 Å². The minimum absolute atomic E-state index is 0.256. The van der Waals surface area contributed by atoms with E-state index < -0.39 is 0 Å². The SMILES string of the molecule is CNCCC(C)(C)n1nc(-c2ccc(Oc3ccccc3)cc2)c(C=O)c1NC. The van der Waals surface area contributed by atoms with Crippen LogP contribution in [0.15, 0.2) is 54.6 Å². The molecule has 0 atom stereocenters. The molecule has 29 heavy (non-hydrogen) atoms. The maximum Gasteiger partial charge on any atom is 0.156 e. The topological polar surface area (TPSA) is 68.2 Å². The van der Waals surface area contributed by atoms with Gasteiger partial charge < -0.3 is 15.4 Å². The first-order valence-corrected chi connectivity index (χ1v) is 9.74. The molecule has 0 bridgehead atoms. The number of carbonyl (C=O) groups is 1. The summed E-state index contributed by atoms with van der Waals surface area (Å²) in [7, 11) is 3.74. The highest BCUT2D eigenvalue weighted by Crippen LogP contribution is 2.34. The number of nitrogens with zero attached hydrogens (tertiary/aromatic N) is 2. The first-order chi connectivity index (χ1) is 14.0. The van der Waals surface area contributed by atoms with Crippen LogP contribution in [0.1, 0.15) is 30.6 Å². The normalized spacial score (nSPS) is 11.3. The van der Waals surface area contributed by atoms with Gasteiger partial charge in [-0.25, -0.2) is 4.68 Å². The van der Waals surface area contributed by atoms with Crippen LogP contribution in [0, 0.1) is 0 Å². The lowest BCUT2D eigenvalue weighted by atomic mass is 10.0. The van der Waals surface area contributed by atoms with Gasteiger partial charge in [0.1, 0.15) is 23.0 Å². The Morgan fingerprint density at radius 1 is 1.03 bits per heavy atom. The number of para-hydroxylation sites is 1. The van der Waals surface area contributed by atoms with Crippen LogP contribution in [0.2, 0.25) is 0 Å². The average Bonchev–Trinajstić information content (AvgIpc) is 3.13. The lowest BCUT2D eigenvalue weighted by molar-refractivity contribution is 0.112. The molecule has 0 aliphatic rings. The van der Waals surface area contributed by atoms with Crippen molar-refractivity contribution in [3.05, 3.63) is 60.2 Å². The number of ether oxygens (including phenoxy) is 1. The molecule has 0 radical (unpaired) electrons. The molecule has 3 rings (SSSR count). The largest absolute Gasteiger partial charge is 0.457 e. The molecule has 3 aromatic rings. The number of aromatic nitrogens is 2. The maximum absolute atomic E-state index is 11.9. The zero-order valence-corrected chi connectivity index (χ0v) is 17.4. The third-order valence-electron chi connectivity index (χ3n) is 4.94. The summed E-state index contributed by atoms with van der Waals surface area (Å²) in [6.45, 7) is 5.09. The molecule has 0 unspecified atom stereocenters. The van der Waals surface area contributed by atoms with E-state index in [2.05, 4.69) is 24.5 Å². The molecule has 6 nitrogen and oxygen atoms in total. The second-order valence-corrected chi connectivity index (χ2v) is 7.50. The van der Waals surface area contributed by atoms with Gasteiger partial charge in [0, 0.05) is 12.6 Å². The van der Waals surface area contributed by atoms with Crippen LogP contribution in [0.3, 0.4) is 0 Å². The second kappa shape index (κ2) is 8.92. The number of hydrogen-bond acceptors (Lipinski definition) is 5. The van der Waals surface area contributed by atoms with Gasteiger partial charge in [-0.05, 0) is 70.3 Å². The van der Waals surface area contributed by atoms with Crippen LogP contribution in [0.4, 0.5) is 5.82 Å². The molecule has 0 saturated carbocycles. The van der Waals surface area contributed by atoms with Crippen LogP contribution in [0.5, 0.6) is 11.5 Å². The number of carbonyl (C=O) groups excluding carboxylic acids is 1. The third kappa shape index (κ3) is 4.49. The molecule has 0 saturated heterocycles. The van der Waals surface area contributed by atoms with Gasteiger partial charge in [0.15, 0.2) is 6.29 Å². The predicted octanol–water partition coefficient (Wildman–Crippen LogP) is 4.54. The summed E-state index contributed by atoms with van der Waals surface area (Å²) in [5.74, 6) is 2.23. The van der Waals surface area contributed by atoms with E-state index >= 15 is 0 Å². The fourth-order valence-electron chi connectivity index (χ4n) is 3.28. The van der Waals surface area contributed by atoms with Crippen molar-refractivity contribution in [2.24, 2.45) is 0 Å². The summed E-state index contributed by atoms with van der Waals surface area (Å²) < 4.78 is 7.77. The summed E-state index contributed by atoms with van der Waals surface area (Å²) in [6, 6.07) is 17.3. The van der Waals surface area contributed by atoms with Crippen molar-refractivity contribution in [2.45, 2.75) is 25.8 Å². The Balaban J connectivity index is 1.94. The highest BCUT2D eigenvalue weighted by Gasteiger charge is 2.28. The zero-order chi connectivity index (χ0) is 20.9. The van der Waals surface area contributed by atoms with E-state index in [4.69, 9.17) is 9.84 Å². The van der Waals surface area contributed by atoms with E-state index in [1.807, 2.05) is 73.4 Å². The fraction of sp³-hybridized carbons (Fsp3) is 0.304. The van der Waals surface area contributed by atoms with Crippen molar-refractivity contribution in [3.8, 4) is 22.8 Å². The Bertz CT molecular complexity index is 947. The highest BCUT2D eigenvalue weighted by molar-refractivity contribution is 5.92. The molecule has 0 spiro atoms.